The van der Waals surface area contributed by atoms with Crippen LogP contribution in [0.4, 0.5) is 19.0 Å². The number of rotatable bonds is 5. The summed E-state index contributed by atoms with van der Waals surface area (Å²) in [6.07, 6.45) is -3.08. The van der Waals surface area contributed by atoms with Gasteiger partial charge in [0.15, 0.2) is 0 Å². The number of aromatic nitrogens is 1. The monoisotopic (exact) mass is 264 g/mol. The number of hydrogen-bond donors (Lipinski definition) is 3. The second kappa shape index (κ2) is 5.53. The van der Waals surface area contributed by atoms with E-state index in [4.69, 9.17) is 0 Å². The first-order chi connectivity index (χ1) is 8.37. The van der Waals surface area contributed by atoms with Gasteiger partial charge in [-0.25, -0.2) is 4.98 Å². The van der Waals surface area contributed by atoms with Crippen molar-refractivity contribution in [3.8, 4) is 0 Å². The number of aliphatic hydroxyl groups excluding tert-OH is 2. The average molecular weight is 264 g/mol. The first-order valence-corrected chi connectivity index (χ1v) is 5.40. The second-order valence-electron chi connectivity index (χ2n) is 4.00. The Bertz CT molecular complexity index is 384. The maximum atomic E-state index is 12.5. The van der Waals surface area contributed by atoms with Crippen LogP contribution in [0.25, 0.3) is 0 Å². The molecule has 0 unspecified atom stereocenters. The van der Waals surface area contributed by atoms with E-state index in [-0.39, 0.29) is 5.82 Å². The molecule has 1 heterocycles. The summed E-state index contributed by atoms with van der Waals surface area (Å²) in [7, 11) is 0. The molecule has 0 fully saturated rings. The van der Waals surface area contributed by atoms with Gasteiger partial charge in [-0.15, -0.1) is 0 Å². The molecule has 4 nitrogen and oxygen atoms in total. The Hall–Kier alpha value is -1.34. The van der Waals surface area contributed by atoms with E-state index >= 15 is 0 Å². The van der Waals surface area contributed by atoms with Gasteiger partial charge in [0.1, 0.15) is 5.82 Å². The van der Waals surface area contributed by atoms with Crippen molar-refractivity contribution in [1.29, 1.82) is 0 Å². The molecule has 0 aromatic carbocycles. The molecular weight excluding hydrogens is 249 g/mol. The number of nitrogens with zero attached hydrogens (tertiary/aromatic N) is 1. The third-order valence-electron chi connectivity index (χ3n) is 2.76. The van der Waals surface area contributed by atoms with Gasteiger partial charge in [-0.3, -0.25) is 0 Å². The molecule has 7 heteroatoms. The van der Waals surface area contributed by atoms with Crippen LogP contribution in [0.3, 0.4) is 0 Å². The molecule has 102 valence electrons. The summed E-state index contributed by atoms with van der Waals surface area (Å²) in [4.78, 5) is 3.75. The van der Waals surface area contributed by atoms with Crippen LogP contribution in [0, 0.1) is 0 Å². The van der Waals surface area contributed by atoms with Crippen molar-refractivity contribution >= 4 is 5.82 Å². The first kappa shape index (κ1) is 14.7. The van der Waals surface area contributed by atoms with Crippen molar-refractivity contribution in [1.82, 2.24) is 4.98 Å². The average Bonchev–Trinajstić information content (AvgIpc) is 2.35. The fourth-order valence-electron chi connectivity index (χ4n) is 1.39. The number of aliphatic hydroxyl groups is 2. The van der Waals surface area contributed by atoms with Gasteiger partial charge in [0.05, 0.1) is 24.3 Å². The summed E-state index contributed by atoms with van der Waals surface area (Å²) >= 11 is 0. The molecule has 18 heavy (non-hydrogen) atoms. The molecule has 0 saturated heterocycles. The summed E-state index contributed by atoms with van der Waals surface area (Å²) < 4.78 is 37.5. The van der Waals surface area contributed by atoms with E-state index in [0.29, 0.717) is 6.42 Å². The minimum absolute atomic E-state index is 0.0326. The van der Waals surface area contributed by atoms with Crippen LogP contribution < -0.4 is 5.32 Å². The van der Waals surface area contributed by atoms with E-state index in [1.807, 2.05) is 0 Å². The summed E-state index contributed by atoms with van der Waals surface area (Å²) in [6, 6.07) is 1.70. The lowest BCUT2D eigenvalue weighted by Gasteiger charge is -2.30. The van der Waals surface area contributed by atoms with Gasteiger partial charge in [-0.05, 0) is 18.6 Å². The fraction of sp³-hybridized carbons (Fsp3) is 0.545. The topological polar surface area (TPSA) is 65.4 Å². The lowest BCUT2D eigenvalue weighted by molar-refractivity contribution is -0.137. The molecule has 0 saturated carbocycles. The van der Waals surface area contributed by atoms with Crippen LogP contribution in [0.5, 0.6) is 0 Å². The Morgan fingerprint density at radius 2 is 1.89 bits per heavy atom. The van der Waals surface area contributed by atoms with Crippen LogP contribution in [-0.4, -0.2) is 33.9 Å². The quantitative estimate of drug-likeness (QED) is 0.756. The Labute approximate surface area is 102 Å². The molecule has 0 radical (unpaired) electrons. The minimum Gasteiger partial charge on any atom is -0.394 e. The van der Waals surface area contributed by atoms with Crippen molar-refractivity contribution in [2.45, 2.75) is 25.1 Å². The van der Waals surface area contributed by atoms with Gasteiger partial charge in [0, 0.05) is 6.20 Å². The van der Waals surface area contributed by atoms with Gasteiger partial charge >= 0.3 is 6.18 Å². The zero-order chi connectivity index (χ0) is 13.8. The van der Waals surface area contributed by atoms with Crippen molar-refractivity contribution in [3.63, 3.8) is 0 Å². The minimum atomic E-state index is -4.45. The SMILES string of the molecule is CCC(CO)(CO)Nc1cc(C(F)(F)F)ccn1. The third-order valence-corrected chi connectivity index (χ3v) is 2.76. The zero-order valence-corrected chi connectivity index (χ0v) is 9.83. The standard InChI is InChI=1S/C11H15F3N2O2/c1-2-10(6-17,7-18)16-9-5-8(3-4-15-9)11(12,13)14/h3-5,17-18H,2,6-7H2,1H3,(H,15,16). The van der Waals surface area contributed by atoms with Gasteiger partial charge in [0.25, 0.3) is 0 Å². The number of nitrogens with one attached hydrogen (secondary N) is 1. The highest BCUT2D eigenvalue weighted by molar-refractivity contribution is 5.41. The molecule has 3 N–H and O–H groups in total. The lowest BCUT2D eigenvalue weighted by atomic mass is 9.98. The molecule has 0 aliphatic carbocycles. The molecule has 0 amide bonds. The molecule has 0 bridgehead atoms. The highest BCUT2D eigenvalue weighted by Gasteiger charge is 2.32. The van der Waals surface area contributed by atoms with E-state index in [1.54, 1.807) is 6.92 Å². The van der Waals surface area contributed by atoms with E-state index in [2.05, 4.69) is 10.3 Å². The Morgan fingerprint density at radius 3 is 2.33 bits per heavy atom. The van der Waals surface area contributed by atoms with E-state index < -0.39 is 30.5 Å². The van der Waals surface area contributed by atoms with Gasteiger partial charge in [-0.1, -0.05) is 6.92 Å². The van der Waals surface area contributed by atoms with E-state index in [0.717, 1.165) is 18.3 Å². The highest BCUT2D eigenvalue weighted by atomic mass is 19.4. The second-order valence-corrected chi connectivity index (χ2v) is 4.00. The highest BCUT2D eigenvalue weighted by Crippen LogP contribution is 2.30. The van der Waals surface area contributed by atoms with Gasteiger partial charge < -0.3 is 15.5 Å². The zero-order valence-electron chi connectivity index (χ0n) is 9.83. The predicted octanol–water partition coefficient (Wildman–Crippen LogP) is 1.65. The smallest absolute Gasteiger partial charge is 0.394 e. The normalized spacial score (nSPS) is 12.6. The van der Waals surface area contributed by atoms with Crippen LogP contribution in [0.2, 0.25) is 0 Å². The van der Waals surface area contributed by atoms with Gasteiger partial charge in [-0.2, -0.15) is 13.2 Å². The van der Waals surface area contributed by atoms with Crippen LogP contribution in [-0.2, 0) is 6.18 Å². The van der Waals surface area contributed by atoms with Crippen molar-refractivity contribution < 1.29 is 23.4 Å². The molecule has 1 rings (SSSR count). The van der Waals surface area contributed by atoms with Crippen LogP contribution in [0.1, 0.15) is 18.9 Å². The number of halogens is 3. The molecule has 1 aromatic rings. The summed E-state index contributed by atoms with van der Waals surface area (Å²) in [5.41, 5.74) is -1.90. The molecule has 0 atom stereocenters. The summed E-state index contributed by atoms with van der Waals surface area (Å²) in [5, 5.41) is 21.0. The van der Waals surface area contributed by atoms with Crippen LogP contribution >= 0.6 is 0 Å². The number of alkyl halides is 3. The first-order valence-electron chi connectivity index (χ1n) is 5.40. The van der Waals surface area contributed by atoms with Crippen LogP contribution in [0.15, 0.2) is 18.3 Å². The molecular formula is C11H15F3N2O2. The molecule has 0 spiro atoms. The number of hydrogen-bond acceptors (Lipinski definition) is 4. The maximum absolute atomic E-state index is 12.5. The largest absolute Gasteiger partial charge is 0.416 e. The molecule has 0 aliphatic rings. The Morgan fingerprint density at radius 1 is 1.28 bits per heavy atom. The molecule has 0 aliphatic heterocycles. The third kappa shape index (κ3) is 3.33. The van der Waals surface area contributed by atoms with Crippen molar-refractivity contribution in [2.24, 2.45) is 0 Å². The lowest BCUT2D eigenvalue weighted by Crippen LogP contribution is -2.45. The Balaban J connectivity index is 2.98. The predicted molar refractivity (Wildman–Crippen MR) is 60.1 cm³/mol. The number of anilines is 1. The van der Waals surface area contributed by atoms with Gasteiger partial charge in [0.2, 0.25) is 0 Å². The number of pyridine rings is 1. The fourth-order valence-corrected chi connectivity index (χ4v) is 1.39. The Kier molecular flexibility index (Phi) is 4.53. The maximum Gasteiger partial charge on any atom is 0.416 e. The van der Waals surface area contributed by atoms with Crippen molar-refractivity contribution in [2.75, 3.05) is 18.5 Å². The summed E-state index contributed by atoms with van der Waals surface area (Å²) in [6.45, 7) is 0.892. The van der Waals surface area contributed by atoms with Crippen molar-refractivity contribution in [3.05, 3.63) is 23.9 Å². The summed E-state index contributed by atoms with van der Waals surface area (Å²) in [5.74, 6) is -0.0326. The van der Waals surface area contributed by atoms with E-state index in [9.17, 15) is 23.4 Å². The molecule has 1 aromatic heterocycles. The van der Waals surface area contributed by atoms with E-state index in [1.165, 1.54) is 0 Å².